The Morgan fingerprint density at radius 3 is 2.41 bits per heavy atom. The third kappa shape index (κ3) is 4.78. The van der Waals surface area contributed by atoms with Crippen LogP contribution in [0, 0.1) is 5.82 Å². The molecule has 0 unspecified atom stereocenters. The zero-order valence-corrected chi connectivity index (χ0v) is 16.7. The zero-order valence-electron chi connectivity index (χ0n) is 16.0. The molecular formula is C22H12ClF4N3O2. The molecule has 162 valence electrons. The van der Waals surface area contributed by atoms with Crippen LogP contribution in [-0.2, 0) is 6.18 Å². The quantitative estimate of drug-likeness (QED) is 0.353. The number of carbonyl (C=O) groups excluding carboxylic acids is 1. The number of amides is 1. The number of halogens is 5. The first kappa shape index (κ1) is 21.5. The van der Waals surface area contributed by atoms with Gasteiger partial charge in [0.2, 0.25) is 0 Å². The fraction of sp³-hybridized carbons (Fsp3) is 0.0455. The summed E-state index contributed by atoms with van der Waals surface area (Å²) in [6.07, 6.45) is -1.66. The van der Waals surface area contributed by atoms with Gasteiger partial charge in [0.05, 0.1) is 21.6 Å². The molecule has 0 saturated carbocycles. The summed E-state index contributed by atoms with van der Waals surface area (Å²) >= 11 is 5.57. The fourth-order valence-electron chi connectivity index (χ4n) is 2.92. The van der Waals surface area contributed by atoms with E-state index in [1.165, 1.54) is 12.3 Å². The maximum absolute atomic E-state index is 14.1. The van der Waals surface area contributed by atoms with Crippen molar-refractivity contribution in [3.8, 4) is 11.5 Å². The van der Waals surface area contributed by atoms with Crippen molar-refractivity contribution in [1.82, 2.24) is 9.97 Å². The van der Waals surface area contributed by atoms with Gasteiger partial charge in [-0.3, -0.25) is 14.8 Å². The van der Waals surface area contributed by atoms with E-state index in [1.807, 2.05) is 0 Å². The van der Waals surface area contributed by atoms with Crippen molar-refractivity contribution in [2.24, 2.45) is 0 Å². The molecule has 0 saturated heterocycles. The number of carbonyl (C=O) groups is 1. The second-order valence-corrected chi connectivity index (χ2v) is 7.04. The van der Waals surface area contributed by atoms with E-state index in [2.05, 4.69) is 15.3 Å². The maximum Gasteiger partial charge on any atom is 0.417 e. The smallest absolute Gasteiger partial charge is 0.417 e. The molecule has 0 spiro atoms. The van der Waals surface area contributed by atoms with Crippen molar-refractivity contribution in [2.45, 2.75) is 6.18 Å². The molecule has 4 aromatic rings. The predicted molar refractivity (Wildman–Crippen MR) is 110 cm³/mol. The number of fused-ring (bicyclic) bond motifs is 1. The Morgan fingerprint density at radius 2 is 1.66 bits per heavy atom. The highest BCUT2D eigenvalue weighted by molar-refractivity contribution is 6.31. The lowest BCUT2D eigenvalue weighted by Crippen LogP contribution is -2.14. The third-order valence-corrected chi connectivity index (χ3v) is 4.67. The van der Waals surface area contributed by atoms with Gasteiger partial charge in [0.25, 0.3) is 5.91 Å². The average Bonchev–Trinajstić information content (AvgIpc) is 2.72. The van der Waals surface area contributed by atoms with Crippen LogP contribution in [0.1, 0.15) is 15.9 Å². The van der Waals surface area contributed by atoms with E-state index < -0.39 is 28.5 Å². The number of hydrogen-bond acceptors (Lipinski definition) is 4. The Kier molecular flexibility index (Phi) is 5.67. The van der Waals surface area contributed by atoms with Gasteiger partial charge in [-0.25, -0.2) is 4.39 Å². The second kappa shape index (κ2) is 8.43. The number of nitrogens with one attached hydrogen (secondary N) is 1. The number of aromatic nitrogens is 2. The van der Waals surface area contributed by atoms with Crippen molar-refractivity contribution < 1.29 is 27.1 Å². The van der Waals surface area contributed by atoms with Crippen molar-refractivity contribution in [2.75, 3.05) is 5.32 Å². The molecule has 0 atom stereocenters. The SMILES string of the molecule is O=C(Nc1cc(F)cc(Oc2ccc3nccnc3c2)c1)c1ccc(Cl)c(C(F)(F)F)c1. The highest BCUT2D eigenvalue weighted by Gasteiger charge is 2.33. The summed E-state index contributed by atoms with van der Waals surface area (Å²) in [5.74, 6) is -1.17. The van der Waals surface area contributed by atoms with Crippen LogP contribution in [0.25, 0.3) is 11.0 Å². The molecule has 3 aromatic carbocycles. The highest BCUT2D eigenvalue weighted by atomic mass is 35.5. The van der Waals surface area contributed by atoms with Crippen LogP contribution in [0.5, 0.6) is 11.5 Å². The minimum absolute atomic E-state index is 0.00547. The molecule has 1 aromatic heterocycles. The molecule has 4 rings (SSSR count). The lowest BCUT2D eigenvalue weighted by molar-refractivity contribution is -0.137. The Hall–Kier alpha value is -3.72. The van der Waals surface area contributed by atoms with Crippen LogP contribution in [-0.4, -0.2) is 15.9 Å². The van der Waals surface area contributed by atoms with Gasteiger partial charge in [0.15, 0.2) is 0 Å². The maximum atomic E-state index is 14.1. The molecule has 0 aliphatic rings. The Labute approximate surface area is 183 Å². The minimum Gasteiger partial charge on any atom is -0.457 e. The molecule has 32 heavy (non-hydrogen) atoms. The average molecular weight is 462 g/mol. The zero-order chi connectivity index (χ0) is 22.9. The third-order valence-electron chi connectivity index (χ3n) is 4.34. The van der Waals surface area contributed by atoms with Crippen LogP contribution in [0.4, 0.5) is 23.2 Å². The molecular weight excluding hydrogens is 450 g/mol. The number of ether oxygens (including phenoxy) is 1. The fourth-order valence-corrected chi connectivity index (χ4v) is 3.15. The molecule has 1 amide bonds. The van der Waals surface area contributed by atoms with Crippen LogP contribution in [0.2, 0.25) is 5.02 Å². The standard InChI is InChI=1S/C22H12ClF4N3O2/c23-18-3-1-12(7-17(18)22(25,26)27)21(31)30-14-8-13(24)9-16(10-14)32-15-2-4-19-20(11-15)29-6-5-28-19/h1-11H,(H,30,31). The van der Waals surface area contributed by atoms with Gasteiger partial charge < -0.3 is 10.1 Å². The topological polar surface area (TPSA) is 64.1 Å². The lowest BCUT2D eigenvalue weighted by Gasteiger charge is -2.12. The van der Waals surface area contributed by atoms with Gasteiger partial charge in [-0.1, -0.05) is 11.6 Å². The summed E-state index contributed by atoms with van der Waals surface area (Å²) in [4.78, 5) is 20.7. The highest BCUT2D eigenvalue weighted by Crippen LogP contribution is 2.35. The van der Waals surface area contributed by atoms with E-state index in [1.54, 1.807) is 24.4 Å². The largest absolute Gasteiger partial charge is 0.457 e. The Morgan fingerprint density at radius 1 is 0.906 bits per heavy atom. The molecule has 10 heteroatoms. The van der Waals surface area contributed by atoms with Crippen molar-refractivity contribution in [3.05, 3.63) is 89.0 Å². The van der Waals surface area contributed by atoms with E-state index in [9.17, 15) is 22.4 Å². The van der Waals surface area contributed by atoms with E-state index >= 15 is 0 Å². The molecule has 1 heterocycles. The first-order chi connectivity index (χ1) is 15.2. The predicted octanol–water partition coefficient (Wildman–Crippen LogP) is 6.49. The number of rotatable bonds is 4. The van der Waals surface area contributed by atoms with Gasteiger partial charge in [0.1, 0.15) is 17.3 Å². The molecule has 0 aliphatic carbocycles. The summed E-state index contributed by atoms with van der Waals surface area (Å²) in [6.45, 7) is 0. The van der Waals surface area contributed by atoms with Crippen LogP contribution in [0.3, 0.4) is 0 Å². The van der Waals surface area contributed by atoms with Crippen LogP contribution < -0.4 is 10.1 Å². The number of anilines is 1. The van der Waals surface area contributed by atoms with Gasteiger partial charge in [-0.05, 0) is 36.4 Å². The molecule has 0 radical (unpaired) electrons. The summed E-state index contributed by atoms with van der Waals surface area (Å²) in [5, 5.41) is 1.83. The molecule has 5 nitrogen and oxygen atoms in total. The molecule has 0 fully saturated rings. The van der Waals surface area contributed by atoms with Gasteiger partial charge in [-0.2, -0.15) is 13.2 Å². The molecule has 0 aliphatic heterocycles. The normalized spacial score (nSPS) is 11.4. The van der Waals surface area contributed by atoms with Crippen molar-refractivity contribution in [1.29, 1.82) is 0 Å². The molecule has 1 N–H and O–H groups in total. The van der Waals surface area contributed by atoms with E-state index in [0.717, 1.165) is 24.3 Å². The summed E-state index contributed by atoms with van der Waals surface area (Å²) in [7, 11) is 0. The number of hydrogen-bond donors (Lipinski definition) is 1. The Bertz CT molecular complexity index is 1330. The number of alkyl halides is 3. The van der Waals surface area contributed by atoms with Gasteiger partial charge in [0, 0.05) is 41.8 Å². The van der Waals surface area contributed by atoms with Gasteiger partial charge in [-0.15, -0.1) is 0 Å². The first-order valence-corrected chi connectivity index (χ1v) is 9.44. The van der Waals surface area contributed by atoms with Gasteiger partial charge >= 0.3 is 6.18 Å². The van der Waals surface area contributed by atoms with E-state index in [-0.39, 0.29) is 17.0 Å². The first-order valence-electron chi connectivity index (χ1n) is 9.06. The van der Waals surface area contributed by atoms with Crippen LogP contribution >= 0.6 is 11.6 Å². The van der Waals surface area contributed by atoms with Crippen molar-refractivity contribution >= 4 is 34.2 Å². The second-order valence-electron chi connectivity index (χ2n) is 6.63. The van der Waals surface area contributed by atoms with E-state index in [4.69, 9.17) is 16.3 Å². The van der Waals surface area contributed by atoms with Crippen molar-refractivity contribution in [3.63, 3.8) is 0 Å². The number of benzene rings is 3. The Balaban J connectivity index is 1.57. The van der Waals surface area contributed by atoms with E-state index in [0.29, 0.717) is 22.8 Å². The minimum atomic E-state index is -4.72. The lowest BCUT2D eigenvalue weighted by atomic mass is 10.1. The summed E-state index contributed by atoms with van der Waals surface area (Å²) in [5.41, 5.74) is -0.225. The molecule has 0 bridgehead atoms. The number of nitrogens with zero attached hydrogens (tertiary/aromatic N) is 2. The summed E-state index contributed by atoms with van der Waals surface area (Å²) in [6, 6.07) is 11.1. The van der Waals surface area contributed by atoms with Crippen LogP contribution in [0.15, 0.2) is 67.0 Å². The monoisotopic (exact) mass is 461 g/mol. The summed E-state index contributed by atoms with van der Waals surface area (Å²) < 4.78 is 58.9.